The molecule has 1 aromatic carbocycles. The summed E-state index contributed by atoms with van der Waals surface area (Å²) in [7, 11) is 0. The lowest BCUT2D eigenvalue weighted by atomic mass is 9.76. The minimum atomic E-state index is -0.380. The summed E-state index contributed by atoms with van der Waals surface area (Å²) in [5.41, 5.74) is 10.9. The molecule has 3 nitrogen and oxygen atoms in total. The average molecular weight is 348 g/mol. The number of fused-ring (bicyclic) bond motifs is 2. The predicted molar refractivity (Wildman–Crippen MR) is 85.9 cm³/mol. The number of primary amides is 1. The SMILES string of the molecule is CC(=O)C1CC2=C(c3c(Br)ccc(C(N)=O)c3C2)C(C)C1. The van der Waals surface area contributed by atoms with Crippen LogP contribution in [0.5, 0.6) is 0 Å². The highest BCUT2D eigenvalue weighted by molar-refractivity contribution is 9.10. The summed E-state index contributed by atoms with van der Waals surface area (Å²) in [5, 5.41) is 0. The Bertz CT molecular complexity index is 690. The third-order valence-electron chi connectivity index (χ3n) is 4.77. The van der Waals surface area contributed by atoms with Gasteiger partial charge in [-0.05, 0) is 60.9 Å². The summed E-state index contributed by atoms with van der Waals surface area (Å²) < 4.78 is 1.01. The van der Waals surface area contributed by atoms with E-state index in [0.717, 1.165) is 34.9 Å². The Morgan fingerprint density at radius 1 is 1.33 bits per heavy atom. The maximum absolute atomic E-state index is 11.7. The van der Waals surface area contributed by atoms with E-state index in [2.05, 4.69) is 22.9 Å². The molecule has 2 N–H and O–H groups in total. The number of halogens is 1. The molecule has 0 saturated carbocycles. The van der Waals surface area contributed by atoms with Crippen molar-refractivity contribution in [3.8, 4) is 0 Å². The van der Waals surface area contributed by atoms with E-state index < -0.39 is 0 Å². The van der Waals surface area contributed by atoms with Crippen LogP contribution in [0.15, 0.2) is 22.2 Å². The number of carbonyl (C=O) groups is 2. The molecule has 2 unspecified atom stereocenters. The maximum atomic E-state index is 11.7. The van der Waals surface area contributed by atoms with E-state index in [1.54, 1.807) is 13.0 Å². The van der Waals surface area contributed by atoms with E-state index in [1.165, 1.54) is 11.1 Å². The van der Waals surface area contributed by atoms with E-state index in [1.807, 2.05) is 6.07 Å². The third-order valence-corrected chi connectivity index (χ3v) is 5.43. The molecule has 110 valence electrons. The van der Waals surface area contributed by atoms with E-state index in [4.69, 9.17) is 5.73 Å². The Morgan fingerprint density at radius 3 is 2.67 bits per heavy atom. The summed E-state index contributed by atoms with van der Waals surface area (Å²) >= 11 is 3.61. The second kappa shape index (κ2) is 5.09. The lowest BCUT2D eigenvalue weighted by Gasteiger charge is -2.28. The molecule has 0 aromatic heterocycles. The zero-order valence-corrected chi connectivity index (χ0v) is 13.8. The van der Waals surface area contributed by atoms with Crippen molar-refractivity contribution in [2.45, 2.75) is 33.1 Å². The van der Waals surface area contributed by atoms with Crippen molar-refractivity contribution in [1.82, 2.24) is 0 Å². The number of hydrogen-bond acceptors (Lipinski definition) is 2. The molecule has 0 heterocycles. The molecule has 0 saturated heterocycles. The van der Waals surface area contributed by atoms with Gasteiger partial charge in [0.2, 0.25) is 5.91 Å². The number of amides is 1. The Hall–Kier alpha value is -1.42. The number of Topliss-reactive ketones (excluding diaryl/α,β-unsaturated/α-hetero) is 1. The molecule has 0 spiro atoms. The second-order valence-electron chi connectivity index (χ2n) is 6.16. The van der Waals surface area contributed by atoms with Crippen molar-refractivity contribution < 1.29 is 9.59 Å². The summed E-state index contributed by atoms with van der Waals surface area (Å²) in [6.45, 7) is 3.85. The van der Waals surface area contributed by atoms with Gasteiger partial charge in [0.1, 0.15) is 5.78 Å². The zero-order valence-electron chi connectivity index (χ0n) is 12.2. The number of nitrogens with two attached hydrogens (primary N) is 1. The quantitative estimate of drug-likeness (QED) is 0.889. The van der Waals surface area contributed by atoms with Crippen molar-refractivity contribution in [3.63, 3.8) is 0 Å². The van der Waals surface area contributed by atoms with Crippen LogP contribution < -0.4 is 5.73 Å². The smallest absolute Gasteiger partial charge is 0.249 e. The first-order valence-electron chi connectivity index (χ1n) is 7.24. The van der Waals surface area contributed by atoms with Crippen LogP contribution in [0.3, 0.4) is 0 Å². The van der Waals surface area contributed by atoms with Crippen LogP contribution in [0.2, 0.25) is 0 Å². The fourth-order valence-electron chi connectivity index (χ4n) is 3.82. The Morgan fingerprint density at radius 2 is 2.05 bits per heavy atom. The van der Waals surface area contributed by atoms with Gasteiger partial charge in [-0.3, -0.25) is 9.59 Å². The summed E-state index contributed by atoms with van der Waals surface area (Å²) in [6, 6.07) is 3.69. The highest BCUT2D eigenvalue weighted by Crippen LogP contribution is 2.49. The molecule has 0 radical (unpaired) electrons. The van der Waals surface area contributed by atoms with Crippen LogP contribution in [0.25, 0.3) is 5.57 Å². The zero-order chi connectivity index (χ0) is 15.3. The highest BCUT2D eigenvalue weighted by Gasteiger charge is 2.36. The van der Waals surface area contributed by atoms with Gasteiger partial charge in [-0.25, -0.2) is 0 Å². The Balaban J connectivity index is 2.12. The topological polar surface area (TPSA) is 60.2 Å². The van der Waals surface area contributed by atoms with Gasteiger partial charge in [0.05, 0.1) is 0 Å². The lowest BCUT2D eigenvalue weighted by Crippen LogP contribution is -2.20. The maximum Gasteiger partial charge on any atom is 0.249 e. The van der Waals surface area contributed by atoms with Gasteiger partial charge in [0.25, 0.3) is 0 Å². The van der Waals surface area contributed by atoms with Crippen molar-refractivity contribution >= 4 is 33.2 Å². The molecule has 2 aliphatic carbocycles. The van der Waals surface area contributed by atoms with Crippen LogP contribution in [-0.2, 0) is 11.2 Å². The first-order chi connectivity index (χ1) is 9.90. The molecule has 1 amide bonds. The third kappa shape index (κ3) is 2.26. The normalized spacial score (nSPS) is 23.8. The van der Waals surface area contributed by atoms with Crippen molar-refractivity contribution in [3.05, 3.63) is 38.9 Å². The van der Waals surface area contributed by atoms with Crippen molar-refractivity contribution in [2.24, 2.45) is 17.6 Å². The van der Waals surface area contributed by atoms with Crippen LogP contribution in [0, 0.1) is 11.8 Å². The first kappa shape index (κ1) is 14.5. The van der Waals surface area contributed by atoms with Gasteiger partial charge in [-0.2, -0.15) is 0 Å². The molecule has 4 heteroatoms. The van der Waals surface area contributed by atoms with Crippen molar-refractivity contribution in [1.29, 1.82) is 0 Å². The van der Waals surface area contributed by atoms with E-state index in [0.29, 0.717) is 11.5 Å². The minimum Gasteiger partial charge on any atom is -0.366 e. The van der Waals surface area contributed by atoms with Gasteiger partial charge >= 0.3 is 0 Å². The molecular weight excluding hydrogens is 330 g/mol. The fraction of sp³-hybridized carbons (Fsp3) is 0.412. The molecular formula is C17H18BrNO2. The average Bonchev–Trinajstić information content (AvgIpc) is 2.78. The van der Waals surface area contributed by atoms with Crippen molar-refractivity contribution in [2.75, 3.05) is 0 Å². The molecule has 2 atom stereocenters. The van der Waals surface area contributed by atoms with Crippen LogP contribution in [0.1, 0.15) is 48.2 Å². The standard InChI is InChI=1S/C17H18BrNO2/c1-8-5-10(9(2)20)6-11-7-13-12(17(19)21)3-4-14(18)16(13)15(8)11/h3-4,8,10H,5-7H2,1-2H3,(H2,19,21). The number of hydrogen-bond donors (Lipinski definition) is 1. The number of ketones is 1. The number of allylic oxidation sites excluding steroid dienone is 2. The molecule has 0 fully saturated rings. The monoisotopic (exact) mass is 347 g/mol. The predicted octanol–water partition coefficient (Wildman–Crippen LogP) is 3.49. The molecule has 0 bridgehead atoms. The molecule has 3 rings (SSSR count). The van der Waals surface area contributed by atoms with E-state index in [9.17, 15) is 9.59 Å². The van der Waals surface area contributed by atoms with Crippen LogP contribution in [0.4, 0.5) is 0 Å². The second-order valence-corrected chi connectivity index (χ2v) is 7.01. The molecule has 21 heavy (non-hydrogen) atoms. The number of rotatable bonds is 2. The van der Waals surface area contributed by atoms with Gasteiger partial charge < -0.3 is 5.73 Å². The summed E-state index contributed by atoms with van der Waals surface area (Å²) in [5.74, 6) is 0.333. The summed E-state index contributed by atoms with van der Waals surface area (Å²) in [6.07, 6.45) is 2.45. The minimum absolute atomic E-state index is 0.115. The van der Waals surface area contributed by atoms with E-state index >= 15 is 0 Å². The summed E-state index contributed by atoms with van der Waals surface area (Å²) in [4.78, 5) is 23.4. The number of benzene rings is 1. The lowest BCUT2D eigenvalue weighted by molar-refractivity contribution is -0.121. The van der Waals surface area contributed by atoms with E-state index in [-0.39, 0.29) is 17.6 Å². The largest absolute Gasteiger partial charge is 0.366 e. The molecule has 2 aliphatic rings. The Kier molecular flexibility index (Phi) is 3.52. The highest BCUT2D eigenvalue weighted by atomic mass is 79.9. The Labute approximate surface area is 132 Å². The fourth-order valence-corrected chi connectivity index (χ4v) is 4.41. The van der Waals surface area contributed by atoms with Crippen LogP contribution >= 0.6 is 15.9 Å². The number of carbonyl (C=O) groups excluding carboxylic acids is 2. The van der Waals surface area contributed by atoms with Gasteiger partial charge in [0.15, 0.2) is 0 Å². The molecule has 0 aliphatic heterocycles. The van der Waals surface area contributed by atoms with Gasteiger partial charge in [-0.15, -0.1) is 0 Å². The van der Waals surface area contributed by atoms with Crippen LogP contribution in [-0.4, -0.2) is 11.7 Å². The van der Waals surface area contributed by atoms with Gasteiger partial charge in [-0.1, -0.05) is 28.4 Å². The van der Waals surface area contributed by atoms with Gasteiger partial charge in [0, 0.05) is 16.0 Å². The first-order valence-corrected chi connectivity index (χ1v) is 8.03. The molecule has 1 aromatic rings.